The molecule has 14 heavy (non-hydrogen) atoms. The Hall–Kier alpha value is -2.04. The minimum atomic E-state index is 0.628. The fourth-order valence-corrected chi connectivity index (χ4v) is 1.35. The van der Waals surface area contributed by atoms with Gasteiger partial charge in [0.25, 0.3) is 0 Å². The number of nitrogen functional groups attached to an aromatic ring is 2. The molecule has 1 aromatic carbocycles. The summed E-state index contributed by atoms with van der Waals surface area (Å²) >= 11 is 0. The zero-order valence-electron chi connectivity index (χ0n) is 7.81. The second-order valence-corrected chi connectivity index (χ2v) is 3.15. The van der Waals surface area contributed by atoms with Gasteiger partial charge in [-0.1, -0.05) is 0 Å². The summed E-state index contributed by atoms with van der Waals surface area (Å²) < 4.78 is 1.81. The molecule has 2 aromatic rings. The Balaban J connectivity index is 2.57. The Bertz CT molecular complexity index is 440. The van der Waals surface area contributed by atoms with Gasteiger partial charge in [0.2, 0.25) is 0 Å². The quantitative estimate of drug-likeness (QED) is 0.645. The molecule has 5 nitrogen and oxygen atoms in total. The van der Waals surface area contributed by atoms with Crippen LogP contribution in [0.2, 0.25) is 0 Å². The van der Waals surface area contributed by atoms with E-state index in [9.17, 15) is 0 Å². The minimum absolute atomic E-state index is 0.628. The number of nitrogens with two attached hydrogens (primary N) is 2. The number of hydrogen-bond acceptors (Lipinski definition) is 4. The lowest BCUT2D eigenvalue weighted by Crippen LogP contribution is -1.95. The van der Waals surface area contributed by atoms with Crippen LogP contribution in [0.3, 0.4) is 0 Å². The first-order valence-electron chi connectivity index (χ1n) is 4.17. The van der Waals surface area contributed by atoms with Crippen molar-refractivity contribution in [3.63, 3.8) is 0 Å². The molecule has 4 N–H and O–H groups in total. The van der Waals surface area contributed by atoms with Crippen molar-refractivity contribution < 1.29 is 0 Å². The summed E-state index contributed by atoms with van der Waals surface area (Å²) in [7, 11) is 1.87. The fourth-order valence-electron chi connectivity index (χ4n) is 1.35. The van der Waals surface area contributed by atoms with Crippen LogP contribution in [0, 0.1) is 0 Å². The third kappa shape index (κ3) is 1.39. The molecule has 1 aromatic heterocycles. The van der Waals surface area contributed by atoms with E-state index >= 15 is 0 Å². The van der Waals surface area contributed by atoms with Gasteiger partial charge in [0.1, 0.15) is 6.33 Å². The van der Waals surface area contributed by atoms with Crippen LogP contribution in [-0.2, 0) is 7.05 Å². The van der Waals surface area contributed by atoms with E-state index in [1.54, 1.807) is 12.4 Å². The van der Waals surface area contributed by atoms with Gasteiger partial charge in [-0.05, 0) is 18.2 Å². The lowest BCUT2D eigenvalue weighted by atomic mass is 10.1. The Morgan fingerprint density at radius 1 is 1.14 bits per heavy atom. The smallest absolute Gasteiger partial charge is 0.163 e. The van der Waals surface area contributed by atoms with Gasteiger partial charge in [0, 0.05) is 24.0 Å². The number of nitrogens with zero attached hydrogens (tertiary/aromatic N) is 3. The number of hydrogen-bond donors (Lipinski definition) is 2. The molecule has 0 saturated carbocycles. The summed E-state index contributed by atoms with van der Waals surface area (Å²) in [6.45, 7) is 0. The zero-order chi connectivity index (χ0) is 10.1. The van der Waals surface area contributed by atoms with Gasteiger partial charge in [-0.3, -0.25) is 0 Å². The first-order valence-corrected chi connectivity index (χ1v) is 4.17. The molecular weight excluding hydrogens is 178 g/mol. The number of anilines is 2. The third-order valence-electron chi connectivity index (χ3n) is 1.95. The monoisotopic (exact) mass is 189 g/mol. The molecule has 72 valence electrons. The van der Waals surface area contributed by atoms with Crippen LogP contribution in [0.15, 0.2) is 24.5 Å². The zero-order valence-corrected chi connectivity index (χ0v) is 7.81. The molecule has 0 atom stereocenters. The molecule has 2 rings (SSSR count). The maximum atomic E-state index is 5.68. The van der Waals surface area contributed by atoms with Gasteiger partial charge in [0.15, 0.2) is 5.82 Å². The normalized spacial score (nSPS) is 10.4. The highest BCUT2D eigenvalue weighted by molar-refractivity contribution is 5.67. The first-order chi connectivity index (χ1) is 6.66. The maximum absolute atomic E-state index is 5.68. The SMILES string of the molecule is Cn1cnnc1-c1cc(N)cc(N)c1. The average Bonchev–Trinajstić information content (AvgIpc) is 2.49. The van der Waals surface area contributed by atoms with Crippen molar-refractivity contribution in [2.24, 2.45) is 7.05 Å². The lowest BCUT2D eigenvalue weighted by molar-refractivity contribution is 0.920. The van der Waals surface area contributed by atoms with Crippen LogP contribution in [0.1, 0.15) is 0 Å². The van der Waals surface area contributed by atoms with Gasteiger partial charge < -0.3 is 16.0 Å². The van der Waals surface area contributed by atoms with Crippen molar-refractivity contribution in [2.45, 2.75) is 0 Å². The predicted molar refractivity (Wildman–Crippen MR) is 55.3 cm³/mol. The van der Waals surface area contributed by atoms with E-state index in [0.29, 0.717) is 11.4 Å². The van der Waals surface area contributed by atoms with E-state index in [1.807, 2.05) is 23.7 Å². The molecule has 0 spiro atoms. The van der Waals surface area contributed by atoms with Crippen LogP contribution in [0.25, 0.3) is 11.4 Å². The number of aryl methyl sites for hydroxylation is 1. The van der Waals surface area contributed by atoms with Gasteiger partial charge >= 0.3 is 0 Å². The molecule has 0 bridgehead atoms. The van der Waals surface area contributed by atoms with Crippen LogP contribution in [-0.4, -0.2) is 14.8 Å². The second kappa shape index (κ2) is 3.02. The summed E-state index contributed by atoms with van der Waals surface area (Å²) in [6.07, 6.45) is 1.63. The Labute approximate surface area is 81.4 Å². The van der Waals surface area contributed by atoms with Crippen molar-refractivity contribution >= 4 is 11.4 Å². The number of rotatable bonds is 1. The first kappa shape index (κ1) is 8.55. The molecule has 1 heterocycles. The molecule has 0 aliphatic rings. The van der Waals surface area contributed by atoms with E-state index in [4.69, 9.17) is 11.5 Å². The van der Waals surface area contributed by atoms with Crippen molar-refractivity contribution in [2.75, 3.05) is 11.5 Å². The van der Waals surface area contributed by atoms with Crippen LogP contribution in [0.5, 0.6) is 0 Å². The standard InChI is InChI=1S/C9H11N5/c1-14-5-12-13-9(14)6-2-7(10)4-8(11)3-6/h2-5H,10-11H2,1H3. The largest absolute Gasteiger partial charge is 0.399 e. The van der Waals surface area contributed by atoms with E-state index < -0.39 is 0 Å². The van der Waals surface area contributed by atoms with Gasteiger partial charge in [0.05, 0.1) is 0 Å². The molecule has 0 aliphatic carbocycles. The Kier molecular flexibility index (Phi) is 1.85. The van der Waals surface area contributed by atoms with Crippen LogP contribution in [0.4, 0.5) is 11.4 Å². The van der Waals surface area contributed by atoms with Crippen molar-refractivity contribution in [3.05, 3.63) is 24.5 Å². The van der Waals surface area contributed by atoms with E-state index in [0.717, 1.165) is 11.4 Å². The van der Waals surface area contributed by atoms with Crippen molar-refractivity contribution in [3.8, 4) is 11.4 Å². The summed E-state index contributed by atoms with van der Waals surface area (Å²) in [4.78, 5) is 0. The maximum Gasteiger partial charge on any atom is 0.163 e. The Morgan fingerprint density at radius 2 is 1.79 bits per heavy atom. The molecule has 0 radical (unpaired) electrons. The highest BCUT2D eigenvalue weighted by Gasteiger charge is 2.05. The second-order valence-electron chi connectivity index (χ2n) is 3.15. The third-order valence-corrected chi connectivity index (χ3v) is 1.95. The van der Waals surface area contributed by atoms with Crippen LogP contribution < -0.4 is 11.5 Å². The van der Waals surface area contributed by atoms with Gasteiger partial charge in [-0.2, -0.15) is 0 Å². The Morgan fingerprint density at radius 3 is 2.29 bits per heavy atom. The van der Waals surface area contributed by atoms with E-state index in [2.05, 4.69) is 10.2 Å². The summed E-state index contributed by atoms with van der Waals surface area (Å²) in [5, 5.41) is 7.76. The van der Waals surface area contributed by atoms with Crippen molar-refractivity contribution in [1.82, 2.24) is 14.8 Å². The summed E-state index contributed by atoms with van der Waals surface area (Å²) in [5.41, 5.74) is 13.5. The fraction of sp³-hybridized carbons (Fsp3) is 0.111. The lowest BCUT2D eigenvalue weighted by Gasteiger charge is -2.03. The summed E-state index contributed by atoms with van der Waals surface area (Å²) in [5.74, 6) is 0.754. The summed E-state index contributed by atoms with van der Waals surface area (Å²) in [6, 6.07) is 5.35. The number of benzene rings is 1. The van der Waals surface area contributed by atoms with Gasteiger partial charge in [-0.15, -0.1) is 10.2 Å². The molecule has 0 fully saturated rings. The van der Waals surface area contributed by atoms with Crippen LogP contribution >= 0.6 is 0 Å². The van der Waals surface area contributed by atoms with E-state index in [-0.39, 0.29) is 0 Å². The predicted octanol–water partition coefficient (Wildman–Crippen LogP) is 0.646. The molecule has 0 aliphatic heterocycles. The molecule has 0 amide bonds. The number of aromatic nitrogens is 3. The molecule has 0 unspecified atom stereocenters. The minimum Gasteiger partial charge on any atom is -0.399 e. The highest BCUT2D eigenvalue weighted by Crippen LogP contribution is 2.22. The average molecular weight is 189 g/mol. The molecular formula is C9H11N5. The van der Waals surface area contributed by atoms with E-state index in [1.165, 1.54) is 0 Å². The highest BCUT2D eigenvalue weighted by atomic mass is 15.2. The topological polar surface area (TPSA) is 82.8 Å². The molecule has 0 saturated heterocycles. The van der Waals surface area contributed by atoms with Gasteiger partial charge in [-0.25, -0.2) is 0 Å². The van der Waals surface area contributed by atoms with Crippen molar-refractivity contribution in [1.29, 1.82) is 0 Å². The molecule has 5 heteroatoms.